The molecule has 10 heteroatoms. The minimum atomic E-state index is -0.687. The summed E-state index contributed by atoms with van der Waals surface area (Å²) in [5.41, 5.74) is 5.03. The van der Waals surface area contributed by atoms with Gasteiger partial charge in [0.15, 0.2) is 0 Å². The van der Waals surface area contributed by atoms with Crippen molar-refractivity contribution in [3.05, 3.63) is 90.5 Å². The van der Waals surface area contributed by atoms with Crippen LogP contribution in [0.1, 0.15) is 45.0 Å². The lowest BCUT2D eigenvalue weighted by molar-refractivity contribution is 0.262. The standard InChI is InChI=1S/C34H37N7O2S/c1-22-9-11-25(21-35-22)41-32(19-30(40-41)34(2,3)4)39-33(42)38-29-13-12-26(27-7-5-6-8-28(27)29)23-10-14-31(36-20-23)37-24-15-17-44(43)18-16-24/h5-14,19-21,24H,15-18H2,1-4H3,(H,36,37)(H2,38,39,42). The molecule has 0 spiro atoms. The number of hydrogen-bond donors (Lipinski definition) is 3. The van der Waals surface area contributed by atoms with Crippen molar-refractivity contribution in [3.63, 3.8) is 0 Å². The molecule has 1 aliphatic heterocycles. The highest BCUT2D eigenvalue weighted by Gasteiger charge is 2.22. The second-order valence-corrected chi connectivity index (χ2v) is 13.9. The summed E-state index contributed by atoms with van der Waals surface area (Å²) in [4.78, 5) is 22.5. The number of nitrogens with zero attached hydrogens (tertiary/aromatic N) is 4. The van der Waals surface area contributed by atoms with Crippen LogP contribution in [0.5, 0.6) is 0 Å². The number of carbonyl (C=O) groups is 1. The summed E-state index contributed by atoms with van der Waals surface area (Å²) in [5.74, 6) is 2.86. The molecule has 2 amide bonds. The molecule has 2 aromatic carbocycles. The maximum absolute atomic E-state index is 13.4. The number of nitrogens with one attached hydrogen (secondary N) is 3. The number of benzene rings is 2. The zero-order valence-corrected chi connectivity index (χ0v) is 26.2. The fraction of sp³-hybridized carbons (Fsp3) is 0.294. The van der Waals surface area contributed by atoms with E-state index in [1.165, 1.54) is 0 Å². The largest absolute Gasteiger partial charge is 0.367 e. The monoisotopic (exact) mass is 607 g/mol. The number of aromatic nitrogens is 4. The fourth-order valence-electron chi connectivity index (χ4n) is 5.33. The molecular weight excluding hydrogens is 570 g/mol. The van der Waals surface area contributed by atoms with Crippen LogP contribution in [0, 0.1) is 6.92 Å². The average Bonchev–Trinajstić information content (AvgIpc) is 3.44. The molecule has 0 saturated carbocycles. The topological polar surface area (TPSA) is 114 Å². The average molecular weight is 608 g/mol. The molecule has 3 aromatic heterocycles. The van der Waals surface area contributed by atoms with Crippen LogP contribution in [0.2, 0.25) is 0 Å². The second-order valence-electron chi connectivity index (χ2n) is 12.2. The Kier molecular flexibility index (Phi) is 8.18. The summed E-state index contributed by atoms with van der Waals surface area (Å²) < 4.78 is 13.4. The van der Waals surface area contributed by atoms with Crippen LogP contribution in [0.15, 0.2) is 79.1 Å². The van der Waals surface area contributed by atoms with Crippen LogP contribution in [0.25, 0.3) is 27.6 Å². The molecule has 0 aliphatic carbocycles. The predicted octanol–water partition coefficient (Wildman–Crippen LogP) is 7.06. The molecular formula is C34H37N7O2S. The van der Waals surface area contributed by atoms with E-state index in [1.54, 1.807) is 10.9 Å². The van der Waals surface area contributed by atoms with Crippen molar-refractivity contribution < 1.29 is 9.00 Å². The molecule has 44 heavy (non-hydrogen) atoms. The van der Waals surface area contributed by atoms with Gasteiger partial charge in [-0.15, -0.1) is 0 Å². The number of aryl methyl sites for hydroxylation is 1. The van der Waals surface area contributed by atoms with Gasteiger partial charge in [-0.25, -0.2) is 14.5 Å². The van der Waals surface area contributed by atoms with Gasteiger partial charge >= 0.3 is 6.03 Å². The number of anilines is 3. The smallest absolute Gasteiger partial charge is 0.324 e. The number of carbonyl (C=O) groups excluding carboxylic acids is 1. The van der Waals surface area contributed by atoms with Crippen molar-refractivity contribution in [1.29, 1.82) is 0 Å². The first-order valence-electron chi connectivity index (χ1n) is 14.9. The number of amides is 2. The Bertz CT molecular complexity index is 1820. The second kappa shape index (κ2) is 12.2. The van der Waals surface area contributed by atoms with E-state index in [0.29, 0.717) is 17.5 Å². The Morgan fingerprint density at radius 2 is 1.68 bits per heavy atom. The van der Waals surface area contributed by atoms with Gasteiger partial charge in [0.25, 0.3) is 0 Å². The first-order valence-corrected chi connectivity index (χ1v) is 16.3. The number of hydrogen-bond acceptors (Lipinski definition) is 6. The minimum Gasteiger partial charge on any atom is -0.367 e. The maximum atomic E-state index is 13.4. The summed E-state index contributed by atoms with van der Waals surface area (Å²) in [7, 11) is -0.687. The molecule has 0 atom stereocenters. The van der Waals surface area contributed by atoms with Crippen molar-refractivity contribution in [3.8, 4) is 16.8 Å². The van der Waals surface area contributed by atoms with Gasteiger partial charge in [0.1, 0.15) is 11.6 Å². The van der Waals surface area contributed by atoms with Crippen LogP contribution in [-0.2, 0) is 16.2 Å². The minimum absolute atomic E-state index is 0.205. The maximum Gasteiger partial charge on any atom is 0.324 e. The molecule has 3 N–H and O–H groups in total. The van der Waals surface area contributed by atoms with Crippen LogP contribution in [0.4, 0.5) is 22.1 Å². The Morgan fingerprint density at radius 3 is 2.36 bits per heavy atom. The van der Waals surface area contributed by atoms with Gasteiger partial charge in [0.05, 0.1) is 23.3 Å². The molecule has 0 bridgehead atoms. The third-order valence-electron chi connectivity index (χ3n) is 7.85. The molecule has 1 aliphatic rings. The summed E-state index contributed by atoms with van der Waals surface area (Å²) in [6.07, 6.45) is 5.41. The molecule has 4 heterocycles. The summed E-state index contributed by atoms with van der Waals surface area (Å²) in [6, 6.07) is 21.7. The van der Waals surface area contributed by atoms with E-state index in [9.17, 15) is 9.00 Å². The number of rotatable bonds is 6. The molecule has 1 saturated heterocycles. The normalized spacial score (nSPS) is 16.9. The zero-order chi connectivity index (χ0) is 30.8. The lowest BCUT2D eigenvalue weighted by Gasteiger charge is -2.23. The Balaban J connectivity index is 1.23. The van der Waals surface area contributed by atoms with Gasteiger partial charge in [-0.3, -0.25) is 14.5 Å². The lowest BCUT2D eigenvalue weighted by Crippen LogP contribution is -2.29. The molecule has 226 valence electrons. The van der Waals surface area contributed by atoms with Crippen LogP contribution in [-0.4, -0.2) is 47.5 Å². The SMILES string of the molecule is Cc1ccc(-n2nc(C(C)(C)C)cc2NC(=O)Nc2ccc(-c3ccc(NC4CCS(=O)CC4)nc3)c3ccccc23)cn1. The Labute approximate surface area is 260 Å². The highest BCUT2D eigenvalue weighted by atomic mass is 32.2. The van der Waals surface area contributed by atoms with Gasteiger partial charge in [-0.2, -0.15) is 5.10 Å². The molecule has 0 unspecified atom stereocenters. The summed E-state index contributed by atoms with van der Waals surface area (Å²) in [6.45, 7) is 8.20. The highest BCUT2D eigenvalue weighted by molar-refractivity contribution is 7.85. The molecule has 9 nitrogen and oxygen atoms in total. The summed E-state index contributed by atoms with van der Waals surface area (Å²) in [5, 5.41) is 16.3. The van der Waals surface area contributed by atoms with Gasteiger partial charge in [-0.1, -0.05) is 51.1 Å². The summed E-state index contributed by atoms with van der Waals surface area (Å²) >= 11 is 0. The van der Waals surface area contributed by atoms with Crippen LogP contribution >= 0.6 is 0 Å². The lowest BCUT2D eigenvalue weighted by atomic mass is 9.92. The third kappa shape index (κ3) is 6.50. The molecule has 6 rings (SSSR count). The van der Waals surface area contributed by atoms with Crippen molar-refractivity contribution >= 4 is 44.9 Å². The molecule has 0 radical (unpaired) electrons. The van der Waals surface area contributed by atoms with E-state index in [0.717, 1.165) is 69.1 Å². The van der Waals surface area contributed by atoms with E-state index in [4.69, 9.17) is 5.10 Å². The van der Waals surface area contributed by atoms with Crippen LogP contribution in [0.3, 0.4) is 0 Å². The molecule has 5 aromatic rings. The van der Waals surface area contributed by atoms with Crippen molar-refractivity contribution in [2.45, 2.75) is 52.0 Å². The van der Waals surface area contributed by atoms with Gasteiger partial charge in [0.2, 0.25) is 0 Å². The van der Waals surface area contributed by atoms with E-state index in [-0.39, 0.29) is 11.4 Å². The zero-order valence-electron chi connectivity index (χ0n) is 25.4. The van der Waals surface area contributed by atoms with Gasteiger partial charge in [0, 0.05) is 62.7 Å². The van der Waals surface area contributed by atoms with Crippen LogP contribution < -0.4 is 16.0 Å². The first kappa shape index (κ1) is 29.5. The van der Waals surface area contributed by atoms with Gasteiger partial charge in [-0.05, 0) is 61.0 Å². The van der Waals surface area contributed by atoms with E-state index >= 15 is 0 Å². The van der Waals surface area contributed by atoms with Crippen molar-refractivity contribution in [2.75, 3.05) is 27.5 Å². The van der Waals surface area contributed by atoms with Gasteiger partial charge < -0.3 is 10.6 Å². The van der Waals surface area contributed by atoms with E-state index < -0.39 is 10.8 Å². The number of urea groups is 1. The van der Waals surface area contributed by atoms with E-state index in [2.05, 4.69) is 58.8 Å². The Hall–Kier alpha value is -4.57. The number of pyridine rings is 2. The predicted molar refractivity (Wildman–Crippen MR) is 179 cm³/mol. The Morgan fingerprint density at radius 1 is 0.909 bits per heavy atom. The van der Waals surface area contributed by atoms with E-state index in [1.807, 2.05) is 67.7 Å². The third-order valence-corrected chi connectivity index (χ3v) is 9.23. The molecule has 1 fully saturated rings. The fourth-order valence-corrected chi connectivity index (χ4v) is 6.63. The number of fused-ring (bicyclic) bond motifs is 1. The highest BCUT2D eigenvalue weighted by Crippen LogP contribution is 2.34. The first-order chi connectivity index (χ1) is 21.1. The quantitative estimate of drug-likeness (QED) is 0.191. The van der Waals surface area contributed by atoms with Crippen molar-refractivity contribution in [1.82, 2.24) is 19.7 Å². The van der Waals surface area contributed by atoms with Crippen molar-refractivity contribution in [2.24, 2.45) is 0 Å².